The number of hydrazone groups is 1. The summed E-state index contributed by atoms with van der Waals surface area (Å²) in [5, 5.41) is 17.6. The molecule has 2 amide bonds. The minimum absolute atomic E-state index is 0.00805. The fraction of sp³-hybridized carbons (Fsp3) is 0.300. The number of hydrogen-bond donors (Lipinski definition) is 2. The first kappa shape index (κ1) is 23.9. The highest BCUT2D eigenvalue weighted by atomic mass is 32.2. The van der Waals surface area contributed by atoms with E-state index in [0.717, 1.165) is 6.26 Å². The number of rotatable bonds is 8. The van der Waals surface area contributed by atoms with Gasteiger partial charge in [-0.05, 0) is 36.8 Å². The first-order valence-electron chi connectivity index (χ1n) is 9.68. The van der Waals surface area contributed by atoms with Gasteiger partial charge in [0, 0.05) is 36.7 Å². The van der Waals surface area contributed by atoms with Crippen LogP contribution in [0.3, 0.4) is 0 Å². The number of carbonyl (C=O) groups excluding carboxylic acids is 1. The number of amides is 2. The summed E-state index contributed by atoms with van der Waals surface area (Å²) in [5.41, 5.74) is 4.08. The molecule has 13 heteroatoms. The average Bonchev–Trinajstić information content (AvgIpc) is 3.20. The van der Waals surface area contributed by atoms with Gasteiger partial charge in [0.1, 0.15) is 0 Å². The van der Waals surface area contributed by atoms with Crippen LogP contribution < -0.4 is 20.2 Å². The Hall–Kier alpha value is -3.71. The lowest BCUT2D eigenvalue weighted by molar-refractivity contribution is -0.384. The zero-order valence-electron chi connectivity index (χ0n) is 18.0. The maximum absolute atomic E-state index is 11.8. The van der Waals surface area contributed by atoms with Crippen molar-refractivity contribution < 1.29 is 31.8 Å². The van der Waals surface area contributed by atoms with Crippen LogP contribution in [0.15, 0.2) is 41.5 Å². The van der Waals surface area contributed by atoms with Crippen LogP contribution in [0.1, 0.15) is 23.6 Å². The van der Waals surface area contributed by atoms with Gasteiger partial charge < -0.3 is 14.8 Å². The van der Waals surface area contributed by atoms with Gasteiger partial charge >= 0.3 is 6.03 Å². The van der Waals surface area contributed by atoms with Crippen LogP contribution >= 0.6 is 0 Å². The number of carbonyl (C=O) groups is 1. The van der Waals surface area contributed by atoms with E-state index in [-0.39, 0.29) is 24.6 Å². The molecule has 0 saturated heterocycles. The summed E-state index contributed by atoms with van der Waals surface area (Å²) in [7, 11) is -2.27. The molecule has 1 atom stereocenters. The predicted molar refractivity (Wildman–Crippen MR) is 118 cm³/mol. The standard InChI is InChI=1S/C20H22N4O8S/c1-12(32-33(3,28)29)8-14-9-17-18(31-11-30-17)10-16(14)19(22-23-20(25)21-2)13-4-6-15(7-5-13)24(26)27/h4-7,9-10,12H,8,11H2,1-3H3,(H2,21,23,25)/t12-/m0/s1. The SMILES string of the molecule is CNC(=O)NN=C(c1ccc([N+](=O)[O-])cc1)c1cc2c(cc1C[C@H](C)OS(C)(=O)=O)OCO2. The number of nitro groups is 1. The molecular formula is C20H22N4O8S. The third kappa shape index (κ3) is 6.17. The Labute approximate surface area is 189 Å². The first-order valence-corrected chi connectivity index (χ1v) is 11.5. The number of benzene rings is 2. The van der Waals surface area contributed by atoms with E-state index < -0.39 is 27.2 Å². The van der Waals surface area contributed by atoms with Crippen LogP contribution in [0.25, 0.3) is 0 Å². The van der Waals surface area contributed by atoms with Gasteiger partial charge in [0.05, 0.1) is 23.0 Å². The van der Waals surface area contributed by atoms with Crippen molar-refractivity contribution in [2.75, 3.05) is 20.1 Å². The largest absolute Gasteiger partial charge is 0.454 e. The number of nitro benzene ring substituents is 1. The molecule has 0 saturated carbocycles. The predicted octanol–water partition coefficient (Wildman–Crippen LogP) is 1.91. The van der Waals surface area contributed by atoms with Crippen molar-refractivity contribution in [3.8, 4) is 11.5 Å². The average molecular weight is 478 g/mol. The maximum atomic E-state index is 11.8. The molecule has 0 aromatic heterocycles. The van der Waals surface area contributed by atoms with E-state index in [0.29, 0.717) is 28.2 Å². The van der Waals surface area contributed by atoms with Crippen LogP contribution in [0.5, 0.6) is 11.5 Å². The molecule has 0 radical (unpaired) electrons. The molecule has 2 aromatic carbocycles. The first-order chi connectivity index (χ1) is 15.6. The summed E-state index contributed by atoms with van der Waals surface area (Å²) in [5.74, 6) is 0.891. The molecule has 0 spiro atoms. The second-order valence-electron chi connectivity index (χ2n) is 7.13. The number of hydrogen-bond acceptors (Lipinski definition) is 9. The second-order valence-corrected chi connectivity index (χ2v) is 8.73. The highest BCUT2D eigenvalue weighted by molar-refractivity contribution is 7.86. The molecule has 176 valence electrons. The molecule has 0 aliphatic carbocycles. The van der Waals surface area contributed by atoms with Crippen molar-refractivity contribution >= 4 is 27.5 Å². The lowest BCUT2D eigenvalue weighted by atomic mass is 9.94. The van der Waals surface area contributed by atoms with Crippen molar-refractivity contribution in [1.29, 1.82) is 0 Å². The van der Waals surface area contributed by atoms with E-state index in [4.69, 9.17) is 13.7 Å². The molecule has 2 aromatic rings. The number of non-ortho nitro benzene ring substituents is 1. The Morgan fingerprint density at radius 3 is 2.45 bits per heavy atom. The number of nitrogens with zero attached hydrogens (tertiary/aromatic N) is 2. The number of fused-ring (bicyclic) bond motifs is 1. The van der Waals surface area contributed by atoms with Crippen LogP contribution in [0, 0.1) is 10.1 Å². The Bertz CT molecular complexity index is 1200. The van der Waals surface area contributed by atoms with Crippen molar-refractivity contribution in [1.82, 2.24) is 10.7 Å². The normalized spacial score (nSPS) is 14.0. The molecule has 0 fully saturated rings. The van der Waals surface area contributed by atoms with Gasteiger partial charge in [-0.1, -0.05) is 0 Å². The Kier molecular flexibility index (Phi) is 7.13. The van der Waals surface area contributed by atoms with Crippen LogP contribution in [0.4, 0.5) is 10.5 Å². The minimum atomic E-state index is -3.69. The van der Waals surface area contributed by atoms with Crippen LogP contribution in [-0.2, 0) is 20.7 Å². The molecule has 1 aliphatic heterocycles. The molecule has 0 bridgehead atoms. The van der Waals surface area contributed by atoms with Crippen LogP contribution in [-0.4, -0.2) is 51.3 Å². The van der Waals surface area contributed by atoms with E-state index in [1.54, 1.807) is 19.1 Å². The lowest BCUT2D eigenvalue weighted by Crippen LogP contribution is -2.30. The van der Waals surface area contributed by atoms with Crippen LogP contribution in [0.2, 0.25) is 0 Å². The molecule has 12 nitrogen and oxygen atoms in total. The Balaban J connectivity index is 2.11. The van der Waals surface area contributed by atoms with Gasteiger partial charge in [-0.15, -0.1) is 0 Å². The molecular weight excluding hydrogens is 456 g/mol. The maximum Gasteiger partial charge on any atom is 0.334 e. The van der Waals surface area contributed by atoms with Gasteiger partial charge in [-0.2, -0.15) is 13.5 Å². The monoisotopic (exact) mass is 478 g/mol. The molecule has 2 N–H and O–H groups in total. The van der Waals surface area contributed by atoms with Crippen molar-refractivity contribution in [2.24, 2.45) is 5.10 Å². The van der Waals surface area contributed by atoms with Gasteiger partial charge in [-0.25, -0.2) is 10.2 Å². The van der Waals surface area contributed by atoms with E-state index >= 15 is 0 Å². The van der Waals surface area contributed by atoms with Gasteiger partial charge in [0.25, 0.3) is 15.8 Å². The number of ether oxygens (including phenoxy) is 2. The topological polar surface area (TPSA) is 158 Å². The summed E-state index contributed by atoms with van der Waals surface area (Å²) < 4.78 is 39.1. The quantitative estimate of drug-likeness (QED) is 0.252. The number of urea groups is 1. The Morgan fingerprint density at radius 1 is 1.24 bits per heavy atom. The lowest BCUT2D eigenvalue weighted by Gasteiger charge is -2.17. The third-order valence-corrected chi connectivity index (χ3v) is 5.23. The zero-order valence-corrected chi connectivity index (χ0v) is 18.8. The zero-order chi connectivity index (χ0) is 24.2. The fourth-order valence-electron chi connectivity index (χ4n) is 3.20. The van der Waals surface area contributed by atoms with Gasteiger partial charge in [-0.3, -0.25) is 14.3 Å². The summed E-state index contributed by atoms with van der Waals surface area (Å²) in [6.07, 6.45) is 0.399. The summed E-state index contributed by atoms with van der Waals surface area (Å²) in [6.45, 7) is 1.61. The summed E-state index contributed by atoms with van der Waals surface area (Å²) in [4.78, 5) is 22.3. The van der Waals surface area contributed by atoms with Gasteiger partial charge in [0.2, 0.25) is 6.79 Å². The van der Waals surface area contributed by atoms with Crippen molar-refractivity contribution in [3.05, 3.63) is 63.2 Å². The number of nitrogens with one attached hydrogen (secondary N) is 2. The highest BCUT2D eigenvalue weighted by Crippen LogP contribution is 2.36. The molecule has 33 heavy (non-hydrogen) atoms. The summed E-state index contributed by atoms with van der Waals surface area (Å²) in [6, 6.07) is 8.36. The van der Waals surface area contributed by atoms with E-state index in [1.807, 2.05) is 0 Å². The molecule has 3 rings (SSSR count). The van der Waals surface area contributed by atoms with Crippen molar-refractivity contribution in [2.45, 2.75) is 19.4 Å². The fourth-order valence-corrected chi connectivity index (χ4v) is 3.86. The smallest absolute Gasteiger partial charge is 0.334 e. The van der Waals surface area contributed by atoms with E-state index in [1.165, 1.54) is 31.3 Å². The Morgan fingerprint density at radius 2 is 1.88 bits per heavy atom. The highest BCUT2D eigenvalue weighted by Gasteiger charge is 2.23. The molecule has 1 heterocycles. The van der Waals surface area contributed by atoms with Gasteiger partial charge in [0.15, 0.2) is 11.5 Å². The molecule has 1 aliphatic rings. The van der Waals surface area contributed by atoms with E-state index in [2.05, 4.69) is 15.8 Å². The van der Waals surface area contributed by atoms with Crippen molar-refractivity contribution in [3.63, 3.8) is 0 Å². The third-order valence-electron chi connectivity index (χ3n) is 4.55. The summed E-state index contributed by atoms with van der Waals surface area (Å²) >= 11 is 0. The molecule has 0 unspecified atom stereocenters. The van der Waals surface area contributed by atoms with E-state index in [9.17, 15) is 23.3 Å². The minimum Gasteiger partial charge on any atom is -0.454 e. The second kappa shape index (κ2) is 9.83.